The fraction of sp³-hybridized carbons (Fsp3) is 0.391. The molecule has 6 nitrogen and oxygen atoms in total. The molecule has 1 heterocycles. The Morgan fingerprint density at radius 1 is 1.00 bits per heavy atom. The monoisotopic (exact) mass is 396 g/mol. The molecule has 0 atom stereocenters. The number of nitrogens with zero attached hydrogens (tertiary/aromatic N) is 2. The summed E-state index contributed by atoms with van der Waals surface area (Å²) in [7, 11) is 3.12. The first kappa shape index (κ1) is 20.9. The Morgan fingerprint density at radius 2 is 1.83 bits per heavy atom. The molecule has 0 amide bonds. The number of fused-ring (bicyclic) bond motifs is 1. The summed E-state index contributed by atoms with van der Waals surface area (Å²) in [5.41, 5.74) is 3.04. The van der Waals surface area contributed by atoms with Gasteiger partial charge in [0.05, 0.1) is 31.4 Å². The van der Waals surface area contributed by atoms with Crippen LogP contribution in [0.15, 0.2) is 48.5 Å². The van der Waals surface area contributed by atoms with Gasteiger partial charge in [0, 0.05) is 31.7 Å². The fourth-order valence-electron chi connectivity index (χ4n) is 3.25. The van der Waals surface area contributed by atoms with Crippen LogP contribution in [-0.4, -0.2) is 43.0 Å². The first-order chi connectivity index (χ1) is 14.2. The Labute approximate surface area is 171 Å². The lowest BCUT2D eigenvalue weighted by atomic mass is 10.2. The molecule has 0 radical (unpaired) electrons. The zero-order valence-corrected chi connectivity index (χ0v) is 17.1. The lowest BCUT2D eigenvalue weighted by Gasteiger charge is -2.10. The third kappa shape index (κ3) is 5.57. The van der Waals surface area contributed by atoms with Crippen LogP contribution in [0.2, 0.25) is 0 Å². The number of esters is 1. The van der Waals surface area contributed by atoms with Gasteiger partial charge in [-0.1, -0.05) is 30.3 Å². The van der Waals surface area contributed by atoms with Gasteiger partial charge in [0.1, 0.15) is 11.6 Å². The first-order valence-electron chi connectivity index (χ1n) is 9.97. The molecule has 0 bridgehead atoms. The maximum atomic E-state index is 11.1. The summed E-state index contributed by atoms with van der Waals surface area (Å²) >= 11 is 0. The average molecular weight is 396 g/mol. The van der Waals surface area contributed by atoms with Crippen molar-refractivity contribution in [3.63, 3.8) is 0 Å². The van der Waals surface area contributed by atoms with E-state index >= 15 is 0 Å². The largest absolute Gasteiger partial charge is 0.494 e. The van der Waals surface area contributed by atoms with E-state index in [2.05, 4.69) is 21.4 Å². The van der Waals surface area contributed by atoms with E-state index in [0.29, 0.717) is 26.2 Å². The third-order valence-electron chi connectivity index (χ3n) is 4.79. The van der Waals surface area contributed by atoms with Gasteiger partial charge in [-0.3, -0.25) is 4.79 Å². The number of imidazole rings is 1. The number of aromatic nitrogens is 2. The summed E-state index contributed by atoms with van der Waals surface area (Å²) in [5.74, 6) is 1.59. The second-order valence-corrected chi connectivity index (χ2v) is 6.83. The molecule has 0 saturated heterocycles. The van der Waals surface area contributed by atoms with Gasteiger partial charge < -0.3 is 18.8 Å². The summed E-state index contributed by atoms with van der Waals surface area (Å²) < 4.78 is 18.1. The number of methoxy groups -OCH3 is 2. The van der Waals surface area contributed by atoms with Crippen LogP contribution in [0, 0.1) is 0 Å². The first-order valence-corrected chi connectivity index (χ1v) is 9.97. The molecule has 0 aliphatic carbocycles. The smallest absolute Gasteiger partial charge is 0.305 e. The van der Waals surface area contributed by atoms with Crippen LogP contribution >= 0.6 is 0 Å². The van der Waals surface area contributed by atoms with E-state index in [0.717, 1.165) is 47.4 Å². The van der Waals surface area contributed by atoms with E-state index in [1.165, 1.54) is 7.11 Å². The van der Waals surface area contributed by atoms with Crippen LogP contribution in [-0.2, 0) is 20.8 Å². The van der Waals surface area contributed by atoms with Crippen molar-refractivity contribution in [3.8, 4) is 17.1 Å². The van der Waals surface area contributed by atoms with E-state index in [1.807, 2.05) is 36.4 Å². The van der Waals surface area contributed by atoms with Crippen molar-refractivity contribution in [3.05, 3.63) is 48.5 Å². The molecule has 3 rings (SSSR count). The Balaban J connectivity index is 1.70. The molecular weight excluding hydrogens is 368 g/mol. The van der Waals surface area contributed by atoms with E-state index < -0.39 is 0 Å². The standard InChI is InChI=1S/C23H28N2O4/c1-27-16-14-25-21-17-19(29-15-8-4-7-11-22(26)28-2)12-13-20(21)24-23(25)18-9-5-3-6-10-18/h3,5-6,9-10,12-13,17H,4,7-8,11,14-16H2,1-2H3. The summed E-state index contributed by atoms with van der Waals surface area (Å²) in [6.45, 7) is 1.94. The molecule has 154 valence electrons. The van der Waals surface area contributed by atoms with Crippen LogP contribution in [0.1, 0.15) is 25.7 Å². The number of rotatable bonds is 11. The maximum Gasteiger partial charge on any atom is 0.305 e. The van der Waals surface area contributed by atoms with Crippen molar-refractivity contribution >= 4 is 17.0 Å². The Bertz CT molecular complexity index is 921. The molecule has 6 heteroatoms. The fourth-order valence-corrected chi connectivity index (χ4v) is 3.25. The molecule has 2 aromatic carbocycles. The maximum absolute atomic E-state index is 11.1. The number of benzene rings is 2. The SMILES string of the molecule is COCCn1c(-c2ccccc2)nc2ccc(OCCCCCC(=O)OC)cc21. The summed E-state index contributed by atoms with van der Waals surface area (Å²) in [6, 6.07) is 16.2. The Kier molecular flexibility index (Phi) is 7.64. The normalized spacial score (nSPS) is 11.0. The van der Waals surface area contributed by atoms with Gasteiger partial charge >= 0.3 is 5.97 Å². The molecule has 0 spiro atoms. The minimum Gasteiger partial charge on any atom is -0.494 e. The van der Waals surface area contributed by atoms with E-state index in [9.17, 15) is 4.79 Å². The predicted molar refractivity (Wildman–Crippen MR) is 113 cm³/mol. The molecule has 0 aliphatic rings. The van der Waals surface area contributed by atoms with Crippen molar-refractivity contribution in [2.24, 2.45) is 0 Å². The lowest BCUT2D eigenvalue weighted by molar-refractivity contribution is -0.140. The Morgan fingerprint density at radius 3 is 2.59 bits per heavy atom. The number of hydrogen-bond acceptors (Lipinski definition) is 5. The van der Waals surface area contributed by atoms with Gasteiger partial charge in [-0.15, -0.1) is 0 Å². The molecule has 3 aromatic rings. The highest BCUT2D eigenvalue weighted by molar-refractivity contribution is 5.82. The second-order valence-electron chi connectivity index (χ2n) is 6.83. The van der Waals surface area contributed by atoms with Crippen LogP contribution in [0.3, 0.4) is 0 Å². The lowest BCUT2D eigenvalue weighted by Crippen LogP contribution is -2.06. The molecule has 0 saturated carbocycles. The van der Waals surface area contributed by atoms with Gasteiger partial charge in [-0.25, -0.2) is 4.98 Å². The van der Waals surface area contributed by atoms with Crippen LogP contribution < -0.4 is 4.74 Å². The minimum absolute atomic E-state index is 0.157. The summed E-state index contributed by atoms with van der Waals surface area (Å²) in [4.78, 5) is 16.0. The van der Waals surface area contributed by atoms with Crippen LogP contribution in [0.25, 0.3) is 22.4 Å². The molecule has 0 N–H and O–H groups in total. The van der Waals surface area contributed by atoms with Crippen molar-refractivity contribution in [2.75, 3.05) is 27.4 Å². The summed E-state index contributed by atoms with van der Waals surface area (Å²) in [6.07, 6.45) is 3.11. The van der Waals surface area contributed by atoms with Gasteiger partial charge in [0.25, 0.3) is 0 Å². The van der Waals surface area contributed by atoms with Gasteiger partial charge in [-0.05, 0) is 31.4 Å². The number of carbonyl (C=O) groups excluding carboxylic acids is 1. The predicted octanol–water partition coefficient (Wildman–Crippen LogP) is 4.46. The summed E-state index contributed by atoms with van der Waals surface area (Å²) in [5, 5.41) is 0. The highest BCUT2D eigenvalue weighted by Crippen LogP contribution is 2.27. The Hall–Kier alpha value is -2.86. The molecule has 1 aromatic heterocycles. The zero-order valence-electron chi connectivity index (χ0n) is 17.1. The third-order valence-corrected chi connectivity index (χ3v) is 4.79. The topological polar surface area (TPSA) is 62.6 Å². The number of hydrogen-bond donors (Lipinski definition) is 0. The average Bonchev–Trinajstić information content (AvgIpc) is 3.12. The zero-order chi connectivity index (χ0) is 20.5. The second kappa shape index (κ2) is 10.6. The van der Waals surface area contributed by atoms with Gasteiger partial charge in [0.2, 0.25) is 0 Å². The van der Waals surface area contributed by atoms with Crippen molar-refractivity contribution < 1.29 is 19.0 Å². The van der Waals surface area contributed by atoms with E-state index in [1.54, 1.807) is 7.11 Å². The van der Waals surface area contributed by atoms with Crippen molar-refractivity contribution in [2.45, 2.75) is 32.2 Å². The van der Waals surface area contributed by atoms with Gasteiger partial charge in [-0.2, -0.15) is 0 Å². The van der Waals surface area contributed by atoms with Crippen molar-refractivity contribution in [1.29, 1.82) is 0 Å². The highest BCUT2D eigenvalue weighted by Gasteiger charge is 2.13. The molecule has 0 unspecified atom stereocenters. The van der Waals surface area contributed by atoms with E-state index in [4.69, 9.17) is 14.5 Å². The van der Waals surface area contributed by atoms with Crippen molar-refractivity contribution in [1.82, 2.24) is 9.55 Å². The minimum atomic E-state index is -0.157. The quantitative estimate of drug-likeness (QED) is 0.354. The number of unbranched alkanes of at least 4 members (excludes halogenated alkanes) is 2. The van der Waals surface area contributed by atoms with Crippen LogP contribution in [0.4, 0.5) is 0 Å². The molecule has 29 heavy (non-hydrogen) atoms. The molecule has 0 fully saturated rings. The highest BCUT2D eigenvalue weighted by atomic mass is 16.5. The number of carbonyl (C=O) groups is 1. The molecular formula is C23H28N2O4. The van der Waals surface area contributed by atoms with Gasteiger partial charge in [0.15, 0.2) is 0 Å². The van der Waals surface area contributed by atoms with Crippen LogP contribution in [0.5, 0.6) is 5.75 Å². The number of ether oxygens (including phenoxy) is 3. The molecule has 0 aliphatic heterocycles. The van der Waals surface area contributed by atoms with E-state index in [-0.39, 0.29) is 5.97 Å².